The van der Waals surface area contributed by atoms with E-state index in [9.17, 15) is 9.59 Å². The average Bonchev–Trinajstić information content (AvgIpc) is 2.24. The van der Waals surface area contributed by atoms with E-state index in [0.29, 0.717) is 0 Å². The Hall–Kier alpha value is -1.43. The number of halogens is 1. The molecule has 1 aromatic rings. The van der Waals surface area contributed by atoms with Crippen LogP contribution in [0.25, 0.3) is 0 Å². The molecule has 0 spiro atoms. The Morgan fingerprint density at radius 3 is 2.39 bits per heavy atom. The van der Waals surface area contributed by atoms with E-state index in [4.69, 9.17) is 5.11 Å². The molecule has 98 valence electrons. The molecule has 0 saturated heterocycles. The Bertz CT molecular complexity index is 451. The van der Waals surface area contributed by atoms with Crippen LogP contribution in [0.4, 0.5) is 0 Å². The third-order valence-electron chi connectivity index (χ3n) is 2.35. The molecule has 0 aliphatic rings. The Kier molecular flexibility index (Phi) is 4.45. The monoisotopic (exact) mass is 314 g/mol. The van der Waals surface area contributed by atoms with E-state index in [2.05, 4.69) is 26.2 Å². The fraction of sp³-hybridized carbons (Fsp3) is 0.417. The van der Waals surface area contributed by atoms with Crippen LogP contribution in [0, 0.1) is 5.41 Å². The number of carboxylic acid groups (broad SMARTS) is 1. The van der Waals surface area contributed by atoms with Crippen LogP contribution in [-0.2, 0) is 4.79 Å². The number of rotatable bonds is 3. The molecule has 0 bridgehead atoms. The van der Waals surface area contributed by atoms with E-state index in [-0.39, 0.29) is 5.69 Å². The van der Waals surface area contributed by atoms with Gasteiger partial charge in [0.1, 0.15) is 11.7 Å². The first-order valence-corrected chi connectivity index (χ1v) is 6.16. The van der Waals surface area contributed by atoms with Crippen molar-refractivity contribution >= 4 is 27.8 Å². The Morgan fingerprint density at radius 2 is 2.00 bits per heavy atom. The minimum atomic E-state index is -1.06. The topological polar surface area (TPSA) is 79.3 Å². The van der Waals surface area contributed by atoms with Crippen molar-refractivity contribution in [2.45, 2.75) is 26.8 Å². The van der Waals surface area contributed by atoms with E-state index >= 15 is 0 Å². The summed E-state index contributed by atoms with van der Waals surface area (Å²) in [5.41, 5.74) is -0.384. The Labute approximate surface area is 114 Å². The number of nitrogens with one attached hydrogen (secondary N) is 1. The van der Waals surface area contributed by atoms with Gasteiger partial charge in [-0.05, 0) is 33.5 Å². The molecule has 1 rings (SSSR count). The third kappa shape index (κ3) is 3.80. The smallest absolute Gasteiger partial charge is 0.326 e. The summed E-state index contributed by atoms with van der Waals surface area (Å²) in [6.07, 6.45) is 1.49. The lowest BCUT2D eigenvalue weighted by Gasteiger charge is -2.27. The van der Waals surface area contributed by atoms with Crippen LogP contribution in [0.3, 0.4) is 0 Å². The van der Waals surface area contributed by atoms with E-state index in [1.54, 1.807) is 26.8 Å². The highest BCUT2D eigenvalue weighted by Crippen LogP contribution is 2.19. The average molecular weight is 315 g/mol. The maximum atomic E-state index is 11.9. The van der Waals surface area contributed by atoms with Gasteiger partial charge >= 0.3 is 5.97 Å². The molecule has 0 aromatic carbocycles. The molecule has 0 fully saturated rings. The highest BCUT2D eigenvalue weighted by molar-refractivity contribution is 9.10. The minimum absolute atomic E-state index is 0.189. The second-order valence-corrected chi connectivity index (χ2v) is 5.89. The summed E-state index contributed by atoms with van der Waals surface area (Å²) in [5.74, 6) is -1.56. The van der Waals surface area contributed by atoms with Crippen LogP contribution >= 0.6 is 15.9 Å². The maximum absolute atomic E-state index is 11.9. The molecule has 0 saturated carbocycles. The van der Waals surface area contributed by atoms with Crippen LogP contribution in [0.2, 0.25) is 0 Å². The van der Waals surface area contributed by atoms with Crippen LogP contribution in [0.15, 0.2) is 22.8 Å². The number of hydrogen-bond acceptors (Lipinski definition) is 3. The zero-order valence-corrected chi connectivity index (χ0v) is 12.0. The SMILES string of the molecule is CC(C)(C)[C@@H](NC(=O)c1ccc(Br)cn1)C(=O)O. The van der Waals surface area contributed by atoms with Crippen molar-refractivity contribution in [2.75, 3.05) is 0 Å². The quantitative estimate of drug-likeness (QED) is 0.895. The van der Waals surface area contributed by atoms with Crippen molar-refractivity contribution in [3.63, 3.8) is 0 Å². The molecule has 0 unspecified atom stereocenters. The number of nitrogens with zero attached hydrogens (tertiary/aromatic N) is 1. The van der Waals surface area contributed by atoms with E-state index in [1.165, 1.54) is 12.3 Å². The number of carbonyl (C=O) groups excluding carboxylic acids is 1. The molecular weight excluding hydrogens is 300 g/mol. The van der Waals surface area contributed by atoms with E-state index < -0.39 is 23.3 Å². The summed E-state index contributed by atoms with van der Waals surface area (Å²) in [6.45, 7) is 5.25. The molecule has 18 heavy (non-hydrogen) atoms. The van der Waals surface area contributed by atoms with Crippen molar-refractivity contribution in [1.29, 1.82) is 0 Å². The molecule has 2 N–H and O–H groups in total. The number of pyridine rings is 1. The summed E-state index contributed by atoms with van der Waals surface area (Å²) in [4.78, 5) is 26.9. The lowest BCUT2D eigenvalue weighted by molar-refractivity contribution is -0.142. The summed E-state index contributed by atoms with van der Waals surface area (Å²) in [6, 6.07) is 2.24. The lowest BCUT2D eigenvalue weighted by atomic mass is 9.86. The number of aliphatic carboxylic acids is 1. The molecular formula is C12H15BrN2O3. The van der Waals surface area contributed by atoms with Gasteiger partial charge in [-0.25, -0.2) is 9.78 Å². The first kappa shape index (κ1) is 14.6. The van der Waals surface area contributed by atoms with Crippen molar-refractivity contribution < 1.29 is 14.7 Å². The van der Waals surface area contributed by atoms with Gasteiger partial charge < -0.3 is 10.4 Å². The second kappa shape index (κ2) is 5.48. The summed E-state index contributed by atoms with van der Waals surface area (Å²) >= 11 is 3.21. The summed E-state index contributed by atoms with van der Waals surface area (Å²) in [7, 11) is 0. The summed E-state index contributed by atoms with van der Waals surface area (Å²) < 4.78 is 0.754. The van der Waals surface area contributed by atoms with Crippen LogP contribution < -0.4 is 5.32 Å². The second-order valence-electron chi connectivity index (χ2n) is 4.97. The molecule has 1 heterocycles. The van der Waals surface area contributed by atoms with Crippen LogP contribution in [0.5, 0.6) is 0 Å². The van der Waals surface area contributed by atoms with Crippen molar-refractivity contribution in [3.8, 4) is 0 Å². The predicted octanol–water partition coefficient (Wildman–Crippen LogP) is 2.07. The van der Waals surface area contributed by atoms with Crippen molar-refractivity contribution in [1.82, 2.24) is 10.3 Å². The highest BCUT2D eigenvalue weighted by Gasteiger charge is 2.32. The lowest BCUT2D eigenvalue weighted by Crippen LogP contribution is -2.49. The fourth-order valence-corrected chi connectivity index (χ4v) is 1.60. The van der Waals surface area contributed by atoms with E-state index in [1.807, 2.05) is 0 Å². The number of hydrogen-bond donors (Lipinski definition) is 2. The van der Waals surface area contributed by atoms with Gasteiger partial charge in [0.2, 0.25) is 0 Å². The minimum Gasteiger partial charge on any atom is -0.480 e. The maximum Gasteiger partial charge on any atom is 0.326 e. The van der Waals surface area contributed by atoms with Gasteiger partial charge in [0, 0.05) is 10.7 Å². The molecule has 1 atom stereocenters. The highest BCUT2D eigenvalue weighted by atomic mass is 79.9. The normalized spacial score (nSPS) is 12.9. The molecule has 5 nitrogen and oxygen atoms in total. The first-order valence-electron chi connectivity index (χ1n) is 5.37. The third-order valence-corrected chi connectivity index (χ3v) is 2.82. The summed E-state index contributed by atoms with van der Waals surface area (Å²) in [5, 5.41) is 11.6. The van der Waals surface area contributed by atoms with Gasteiger partial charge in [0.05, 0.1) is 0 Å². The molecule has 0 radical (unpaired) electrons. The number of carboxylic acids is 1. The van der Waals surface area contributed by atoms with Crippen molar-refractivity contribution in [2.24, 2.45) is 5.41 Å². The Balaban J connectivity index is 2.86. The van der Waals surface area contributed by atoms with Gasteiger partial charge in [-0.3, -0.25) is 4.79 Å². The largest absolute Gasteiger partial charge is 0.480 e. The fourth-order valence-electron chi connectivity index (χ4n) is 1.36. The standard InChI is InChI=1S/C12H15BrN2O3/c1-12(2,3)9(11(17)18)15-10(16)8-5-4-7(13)6-14-8/h4-6,9H,1-3H3,(H,15,16)(H,17,18)/t9-/m0/s1. The van der Waals surface area contributed by atoms with Crippen LogP contribution in [0.1, 0.15) is 31.3 Å². The number of amides is 1. The number of carbonyl (C=O) groups is 2. The van der Waals surface area contributed by atoms with Gasteiger partial charge in [-0.1, -0.05) is 20.8 Å². The molecule has 1 aromatic heterocycles. The van der Waals surface area contributed by atoms with E-state index in [0.717, 1.165) is 4.47 Å². The van der Waals surface area contributed by atoms with Gasteiger partial charge in [0.15, 0.2) is 0 Å². The molecule has 0 aliphatic carbocycles. The number of aromatic nitrogens is 1. The molecule has 1 amide bonds. The first-order chi connectivity index (χ1) is 8.21. The van der Waals surface area contributed by atoms with Gasteiger partial charge in [-0.15, -0.1) is 0 Å². The van der Waals surface area contributed by atoms with Crippen molar-refractivity contribution in [3.05, 3.63) is 28.5 Å². The van der Waals surface area contributed by atoms with Gasteiger partial charge in [0.25, 0.3) is 5.91 Å². The molecule has 6 heteroatoms. The van der Waals surface area contributed by atoms with Gasteiger partial charge in [-0.2, -0.15) is 0 Å². The van der Waals surface area contributed by atoms with Crippen LogP contribution in [-0.4, -0.2) is 28.0 Å². The Morgan fingerprint density at radius 1 is 1.39 bits per heavy atom. The molecule has 0 aliphatic heterocycles. The zero-order valence-electron chi connectivity index (χ0n) is 10.4. The predicted molar refractivity (Wildman–Crippen MR) is 70.3 cm³/mol. The zero-order chi connectivity index (χ0) is 13.9.